The van der Waals surface area contributed by atoms with Crippen molar-refractivity contribution in [2.45, 2.75) is 136 Å². The van der Waals surface area contributed by atoms with Gasteiger partial charge in [-0.1, -0.05) is 63.0 Å². The number of methoxy groups -OCH3 is 1. The number of esters is 1. The zero-order chi connectivity index (χ0) is 35.4. The summed E-state index contributed by atoms with van der Waals surface area (Å²) in [6.45, 7) is 10.6. The lowest BCUT2D eigenvalue weighted by Crippen LogP contribution is -2.52. The van der Waals surface area contributed by atoms with Crippen LogP contribution in [0.1, 0.15) is 117 Å². The van der Waals surface area contributed by atoms with Gasteiger partial charge in [0.15, 0.2) is 17.7 Å². The summed E-state index contributed by atoms with van der Waals surface area (Å²) in [5.41, 5.74) is 1.56. The van der Waals surface area contributed by atoms with Gasteiger partial charge < -0.3 is 23.7 Å². The highest BCUT2D eigenvalue weighted by molar-refractivity contribution is 5.86. The molecular formula is C41H60O8. The molecule has 3 aliphatic rings. The Kier molecular flexibility index (Phi) is 14.7. The molecule has 1 aliphatic heterocycles. The minimum absolute atomic E-state index is 0.0120. The molecule has 5 atom stereocenters. The third-order valence-electron chi connectivity index (χ3n) is 10.7. The molecule has 1 saturated carbocycles. The second-order valence-electron chi connectivity index (χ2n) is 14.7. The van der Waals surface area contributed by atoms with Crippen LogP contribution >= 0.6 is 0 Å². The van der Waals surface area contributed by atoms with E-state index in [1.165, 1.54) is 6.92 Å². The standard InChI is InChI=1S/C41H60O8/c1-7-9-11-12-13-15-16-31-24-34-39(46-26-30-18-20-32(45-6)21-19-30)38(36(44)22-23-41(34)27-47-40(4,5)48-28-41)33(31)25-37(49-29(3)42)35(43)17-14-10-8-2/h7,9,18-21,24,31,33,37-39H,8,10-17,22-23,25-28H2,1-6H3/b9-7+/t31-,33+,37-,38+,39?/m0/s1. The normalized spacial score (nSPS) is 25.1. The van der Waals surface area contributed by atoms with Gasteiger partial charge in [0.1, 0.15) is 11.5 Å². The van der Waals surface area contributed by atoms with Crippen molar-refractivity contribution < 1.29 is 38.1 Å². The third-order valence-corrected chi connectivity index (χ3v) is 10.7. The predicted molar refractivity (Wildman–Crippen MR) is 190 cm³/mol. The molecule has 1 aromatic carbocycles. The van der Waals surface area contributed by atoms with Crippen molar-refractivity contribution in [3.8, 4) is 5.75 Å². The van der Waals surface area contributed by atoms with E-state index in [2.05, 4.69) is 25.2 Å². The van der Waals surface area contributed by atoms with Gasteiger partial charge in [0.25, 0.3) is 0 Å². The molecule has 1 unspecified atom stereocenters. The molecule has 0 radical (unpaired) electrons. The van der Waals surface area contributed by atoms with E-state index in [-0.39, 0.29) is 23.4 Å². The van der Waals surface area contributed by atoms with Gasteiger partial charge in [0, 0.05) is 25.2 Å². The van der Waals surface area contributed by atoms with Crippen LogP contribution in [0.15, 0.2) is 48.1 Å². The van der Waals surface area contributed by atoms with Gasteiger partial charge >= 0.3 is 5.97 Å². The molecule has 0 aromatic heterocycles. The van der Waals surface area contributed by atoms with Gasteiger partial charge in [-0.15, -0.1) is 0 Å². The van der Waals surface area contributed by atoms with E-state index in [9.17, 15) is 14.4 Å². The highest BCUT2D eigenvalue weighted by atomic mass is 16.7. The summed E-state index contributed by atoms with van der Waals surface area (Å²) in [4.78, 5) is 40.4. The van der Waals surface area contributed by atoms with E-state index in [0.29, 0.717) is 45.5 Å². The van der Waals surface area contributed by atoms with E-state index < -0.39 is 35.3 Å². The molecule has 49 heavy (non-hydrogen) atoms. The van der Waals surface area contributed by atoms with Gasteiger partial charge in [-0.25, -0.2) is 0 Å². The second kappa shape index (κ2) is 18.4. The maximum absolute atomic E-state index is 14.5. The summed E-state index contributed by atoms with van der Waals surface area (Å²) in [6, 6.07) is 7.78. The van der Waals surface area contributed by atoms with E-state index >= 15 is 0 Å². The second-order valence-corrected chi connectivity index (χ2v) is 14.7. The Bertz CT molecular complexity index is 1280. The van der Waals surface area contributed by atoms with Gasteiger partial charge in [-0.05, 0) is 94.4 Å². The maximum Gasteiger partial charge on any atom is 0.303 e. The molecule has 0 N–H and O–H groups in total. The first kappa shape index (κ1) is 39.0. The van der Waals surface area contributed by atoms with E-state index in [1.807, 2.05) is 45.0 Å². The first-order valence-electron chi connectivity index (χ1n) is 18.6. The van der Waals surface area contributed by atoms with E-state index in [1.54, 1.807) is 7.11 Å². The molecule has 0 amide bonds. The highest BCUT2D eigenvalue weighted by Crippen LogP contribution is 2.53. The molecule has 2 aliphatic carbocycles. The first-order valence-corrected chi connectivity index (χ1v) is 18.6. The molecule has 1 heterocycles. The van der Waals surface area contributed by atoms with Crippen LogP contribution in [0.3, 0.4) is 0 Å². The average molecular weight is 681 g/mol. The zero-order valence-corrected chi connectivity index (χ0v) is 30.8. The fraction of sp³-hybridized carbons (Fsp3) is 0.683. The van der Waals surface area contributed by atoms with Gasteiger partial charge in [-0.2, -0.15) is 0 Å². The monoisotopic (exact) mass is 680 g/mol. The smallest absolute Gasteiger partial charge is 0.303 e. The summed E-state index contributed by atoms with van der Waals surface area (Å²) in [5, 5.41) is 0. The summed E-state index contributed by atoms with van der Waals surface area (Å²) >= 11 is 0. The van der Waals surface area contributed by atoms with Crippen LogP contribution < -0.4 is 4.74 Å². The molecule has 8 heteroatoms. The molecule has 8 nitrogen and oxygen atoms in total. The number of ketones is 2. The minimum Gasteiger partial charge on any atom is -0.497 e. The molecular weight excluding hydrogens is 620 g/mol. The highest BCUT2D eigenvalue weighted by Gasteiger charge is 2.55. The number of allylic oxidation sites excluding steroid dienone is 3. The summed E-state index contributed by atoms with van der Waals surface area (Å²) in [7, 11) is 1.64. The molecule has 2 fully saturated rings. The van der Waals surface area contributed by atoms with Crippen molar-refractivity contribution in [1.82, 2.24) is 0 Å². The molecule has 1 aromatic rings. The van der Waals surface area contributed by atoms with Crippen LogP contribution in [0.2, 0.25) is 0 Å². The Morgan fingerprint density at radius 3 is 2.43 bits per heavy atom. The number of fused-ring (bicyclic) bond motifs is 3. The Labute approximate surface area is 294 Å². The summed E-state index contributed by atoms with van der Waals surface area (Å²) in [6.07, 6.45) is 14.7. The van der Waals surface area contributed by atoms with Gasteiger partial charge in [0.2, 0.25) is 0 Å². The Hall–Kier alpha value is -2.81. The molecule has 2 bridgehead atoms. The van der Waals surface area contributed by atoms with Gasteiger partial charge in [0.05, 0.1) is 39.0 Å². The Morgan fingerprint density at radius 2 is 1.78 bits per heavy atom. The van der Waals surface area contributed by atoms with Crippen molar-refractivity contribution in [3.05, 3.63) is 53.6 Å². The summed E-state index contributed by atoms with van der Waals surface area (Å²) < 4.78 is 30.6. The predicted octanol–water partition coefficient (Wildman–Crippen LogP) is 8.50. The quantitative estimate of drug-likeness (QED) is 0.0865. The fourth-order valence-electron chi connectivity index (χ4n) is 7.82. The number of unbranched alkanes of at least 4 members (excludes halogenated alkanes) is 5. The van der Waals surface area contributed by atoms with Crippen LogP contribution in [-0.2, 0) is 39.9 Å². The number of carbonyl (C=O) groups is 3. The van der Waals surface area contributed by atoms with Crippen molar-refractivity contribution in [2.24, 2.45) is 23.2 Å². The van der Waals surface area contributed by atoms with Crippen LogP contribution in [0.25, 0.3) is 0 Å². The molecule has 1 spiro atoms. The number of ether oxygens (including phenoxy) is 5. The van der Waals surface area contributed by atoms with Crippen molar-refractivity contribution in [1.29, 1.82) is 0 Å². The first-order chi connectivity index (χ1) is 23.5. The van der Waals surface area contributed by atoms with Crippen molar-refractivity contribution >= 4 is 17.5 Å². The van der Waals surface area contributed by atoms with Gasteiger partial charge in [-0.3, -0.25) is 14.4 Å². The van der Waals surface area contributed by atoms with Crippen LogP contribution in [-0.4, -0.2) is 55.9 Å². The molecule has 1 saturated heterocycles. The Morgan fingerprint density at radius 1 is 1.04 bits per heavy atom. The van der Waals surface area contributed by atoms with Crippen LogP contribution in [0.4, 0.5) is 0 Å². The minimum atomic E-state index is -0.888. The maximum atomic E-state index is 14.5. The topological polar surface area (TPSA) is 97.4 Å². The molecule has 272 valence electrons. The van der Waals surface area contributed by atoms with Crippen LogP contribution in [0, 0.1) is 23.2 Å². The molecule has 4 rings (SSSR count). The largest absolute Gasteiger partial charge is 0.497 e. The zero-order valence-electron chi connectivity index (χ0n) is 30.8. The lowest BCUT2D eigenvalue weighted by molar-refractivity contribution is -0.281. The van der Waals surface area contributed by atoms with Crippen molar-refractivity contribution in [2.75, 3.05) is 20.3 Å². The third kappa shape index (κ3) is 10.6. The number of rotatable bonds is 18. The fourth-order valence-corrected chi connectivity index (χ4v) is 7.82. The Balaban J connectivity index is 1.74. The number of carbonyl (C=O) groups excluding carboxylic acids is 3. The van der Waals surface area contributed by atoms with Crippen molar-refractivity contribution in [3.63, 3.8) is 0 Å². The van der Waals surface area contributed by atoms with E-state index in [0.717, 1.165) is 68.3 Å². The number of Topliss-reactive ketones (excluding diaryl/α,β-unsaturated/α-hetero) is 2. The average Bonchev–Trinajstić information content (AvgIpc) is 3.16. The lowest BCUT2D eigenvalue weighted by Gasteiger charge is -2.49. The number of benzene rings is 1. The van der Waals surface area contributed by atoms with E-state index in [4.69, 9.17) is 23.7 Å². The number of hydrogen-bond donors (Lipinski definition) is 0. The van der Waals surface area contributed by atoms with Crippen LogP contribution in [0.5, 0.6) is 5.75 Å². The SMILES string of the molecule is C/C=C/CCCCC[C@H]1C=C2C(OCc3ccc(OC)cc3)[C@@H](C(=O)CCC23COC(C)(C)OC3)[C@@H]1C[C@H](OC(C)=O)C(=O)CCCCC. The summed E-state index contributed by atoms with van der Waals surface area (Å²) in [5.74, 6) is -1.04. The lowest BCUT2D eigenvalue weighted by atomic mass is 9.63. The number of hydrogen-bond acceptors (Lipinski definition) is 8.